The van der Waals surface area contributed by atoms with E-state index in [1.54, 1.807) is 13.8 Å². The summed E-state index contributed by atoms with van der Waals surface area (Å²) in [6.07, 6.45) is -7.40. The van der Waals surface area contributed by atoms with Gasteiger partial charge in [-0.15, -0.1) is 0 Å². The molecular formula is C22H37N5O12. The highest BCUT2D eigenvalue weighted by atomic mass is 16.5. The lowest BCUT2D eigenvalue weighted by atomic mass is 10.0. The number of aldehydes is 1. The molecule has 0 aromatic carbocycles. The normalized spacial score (nSPS) is 15.6. The summed E-state index contributed by atoms with van der Waals surface area (Å²) in [6.45, 7) is 2.39. The Morgan fingerprint density at radius 3 is 2.08 bits per heavy atom. The molecular weight excluding hydrogens is 526 g/mol. The van der Waals surface area contributed by atoms with Crippen molar-refractivity contribution in [1.82, 2.24) is 20.9 Å². The maximum atomic E-state index is 12.8. The van der Waals surface area contributed by atoms with Crippen molar-refractivity contribution in [3.63, 3.8) is 0 Å². The van der Waals surface area contributed by atoms with Gasteiger partial charge in [-0.2, -0.15) is 0 Å². The molecule has 222 valence electrons. The average Bonchev–Trinajstić information content (AvgIpc) is 2.86. The van der Waals surface area contributed by atoms with Gasteiger partial charge in [0.05, 0.1) is 6.61 Å². The second-order valence-electron chi connectivity index (χ2n) is 8.91. The van der Waals surface area contributed by atoms with Crippen molar-refractivity contribution < 1.29 is 58.7 Å². The Hall–Kier alpha value is -3.67. The van der Waals surface area contributed by atoms with Crippen molar-refractivity contribution in [2.45, 2.75) is 70.1 Å². The van der Waals surface area contributed by atoms with E-state index in [0.717, 1.165) is 14.0 Å². The number of hydrogen-bond acceptors (Lipinski definition) is 11. The molecule has 6 atom stereocenters. The molecule has 0 aromatic rings. The zero-order valence-corrected chi connectivity index (χ0v) is 22.0. The summed E-state index contributed by atoms with van der Waals surface area (Å²) in [5.74, 6) is -4.89. The van der Waals surface area contributed by atoms with Crippen molar-refractivity contribution in [3.05, 3.63) is 0 Å². The molecule has 17 nitrogen and oxygen atoms in total. The van der Waals surface area contributed by atoms with Crippen LogP contribution in [0, 0.1) is 5.92 Å². The zero-order valence-electron chi connectivity index (χ0n) is 22.0. The smallest absolute Gasteiger partial charge is 0.413 e. The highest BCUT2D eigenvalue weighted by Crippen LogP contribution is 2.10. The van der Waals surface area contributed by atoms with Gasteiger partial charge in [0.2, 0.25) is 29.5 Å². The monoisotopic (exact) mass is 563 g/mol. The molecule has 0 spiro atoms. The molecule has 0 heterocycles. The largest absolute Gasteiger partial charge is 0.465 e. The first-order chi connectivity index (χ1) is 18.1. The highest BCUT2D eigenvalue weighted by molar-refractivity contribution is 5.93. The number of ether oxygens (including phenoxy) is 1. The molecule has 0 aliphatic rings. The van der Waals surface area contributed by atoms with Gasteiger partial charge in [0.15, 0.2) is 0 Å². The van der Waals surface area contributed by atoms with Gasteiger partial charge in [-0.05, 0) is 12.3 Å². The molecule has 2 unspecified atom stereocenters. The third-order valence-electron chi connectivity index (χ3n) is 5.43. The van der Waals surface area contributed by atoms with Gasteiger partial charge in [-0.3, -0.25) is 28.9 Å². The molecule has 6 amide bonds. The van der Waals surface area contributed by atoms with Crippen molar-refractivity contribution >= 4 is 41.9 Å². The molecule has 0 rings (SSSR count). The van der Waals surface area contributed by atoms with Crippen molar-refractivity contribution in [2.24, 2.45) is 11.7 Å². The SMILES string of the molecule is CC(=O)N[C@@H](C=O)[C@@H](OCC(=O)NC(C(=O)NC(CCC(=O)N(C)C(=O)O)C(N)=O)C(C)C)[C@H](O)[C@H](O)CO. The Morgan fingerprint density at radius 2 is 1.64 bits per heavy atom. The minimum atomic E-state index is -1.90. The number of aliphatic hydroxyl groups excluding tert-OH is 3. The third-order valence-corrected chi connectivity index (χ3v) is 5.43. The van der Waals surface area contributed by atoms with E-state index < -0.39 is 97.6 Å². The maximum absolute atomic E-state index is 12.8. The number of nitrogens with zero attached hydrogens (tertiary/aromatic N) is 1. The Bertz CT molecular complexity index is 899. The van der Waals surface area contributed by atoms with Crippen LogP contribution in [0.4, 0.5) is 4.79 Å². The lowest BCUT2D eigenvalue weighted by molar-refractivity contribution is -0.147. The van der Waals surface area contributed by atoms with Crippen molar-refractivity contribution in [2.75, 3.05) is 20.3 Å². The topological polar surface area (TPSA) is 275 Å². The number of amides is 6. The quantitative estimate of drug-likeness (QED) is 0.0783. The molecule has 0 bridgehead atoms. The summed E-state index contributed by atoms with van der Waals surface area (Å²) in [4.78, 5) is 83.1. The van der Waals surface area contributed by atoms with E-state index in [2.05, 4.69) is 16.0 Å². The third kappa shape index (κ3) is 12.2. The molecule has 17 heteroatoms. The second kappa shape index (κ2) is 17.0. The van der Waals surface area contributed by atoms with Gasteiger partial charge < -0.3 is 51.6 Å². The Kier molecular flexibility index (Phi) is 15.4. The standard InChI is InChI=1S/C22H37N5O12/c1-10(2)17(21(36)25-12(20(23)35)5-6-16(33)27(4)22(37)38)26-15(32)9-39-19(18(34)14(31)8-29)13(7-28)24-11(3)30/h7,10,12-14,17-19,29,31,34H,5-6,8-9H2,1-4H3,(H2,23,35)(H,24,30)(H,25,36)(H,26,32)(H,37,38)/t12?,13-,14+,17?,18+,19+/m0/s1. The van der Waals surface area contributed by atoms with Gasteiger partial charge >= 0.3 is 6.09 Å². The van der Waals surface area contributed by atoms with E-state index in [9.17, 15) is 43.8 Å². The first kappa shape index (κ1) is 35.3. The molecule has 0 aliphatic carbocycles. The van der Waals surface area contributed by atoms with Crippen LogP contribution in [0.1, 0.15) is 33.6 Å². The van der Waals surface area contributed by atoms with Crippen LogP contribution < -0.4 is 21.7 Å². The minimum absolute atomic E-state index is 0.199. The Morgan fingerprint density at radius 1 is 1.05 bits per heavy atom. The van der Waals surface area contributed by atoms with Gasteiger partial charge in [-0.25, -0.2) is 4.79 Å². The fourth-order valence-corrected chi connectivity index (χ4v) is 3.18. The van der Waals surface area contributed by atoms with Crippen molar-refractivity contribution in [3.8, 4) is 0 Å². The van der Waals surface area contributed by atoms with E-state index in [1.165, 1.54) is 0 Å². The van der Waals surface area contributed by atoms with Crippen LogP contribution >= 0.6 is 0 Å². The first-order valence-electron chi connectivity index (χ1n) is 11.8. The fourth-order valence-electron chi connectivity index (χ4n) is 3.18. The number of imide groups is 1. The molecule has 0 aliphatic heterocycles. The number of primary amides is 1. The predicted octanol–water partition coefficient (Wildman–Crippen LogP) is -4.18. The molecule has 9 N–H and O–H groups in total. The number of carboxylic acid groups (broad SMARTS) is 1. The average molecular weight is 564 g/mol. The Labute approximate surface area is 224 Å². The zero-order chi connectivity index (χ0) is 30.4. The number of carbonyl (C=O) groups excluding carboxylic acids is 6. The number of nitrogens with two attached hydrogens (primary N) is 1. The predicted molar refractivity (Wildman–Crippen MR) is 130 cm³/mol. The van der Waals surface area contributed by atoms with Crippen LogP contribution in [-0.2, 0) is 33.5 Å². The van der Waals surface area contributed by atoms with E-state index in [-0.39, 0.29) is 12.7 Å². The summed E-state index contributed by atoms with van der Waals surface area (Å²) in [7, 11) is 1.01. The minimum Gasteiger partial charge on any atom is -0.465 e. The van der Waals surface area contributed by atoms with Crippen LogP contribution in [0.3, 0.4) is 0 Å². The van der Waals surface area contributed by atoms with Gasteiger partial charge in [0.25, 0.3) is 0 Å². The van der Waals surface area contributed by atoms with Crippen LogP contribution in [0.2, 0.25) is 0 Å². The number of nitrogens with one attached hydrogen (secondary N) is 3. The van der Waals surface area contributed by atoms with Gasteiger partial charge in [0.1, 0.15) is 49.3 Å². The van der Waals surface area contributed by atoms with Crippen LogP contribution in [0.25, 0.3) is 0 Å². The highest BCUT2D eigenvalue weighted by Gasteiger charge is 2.35. The van der Waals surface area contributed by atoms with Crippen LogP contribution in [0.5, 0.6) is 0 Å². The molecule has 0 aromatic heterocycles. The summed E-state index contributed by atoms with van der Waals surface area (Å²) < 4.78 is 5.25. The van der Waals surface area contributed by atoms with Gasteiger partial charge in [0, 0.05) is 20.4 Å². The van der Waals surface area contributed by atoms with E-state index in [0.29, 0.717) is 4.90 Å². The lowest BCUT2D eigenvalue weighted by Crippen LogP contribution is -2.57. The van der Waals surface area contributed by atoms with Crippen LogP contribution in [-0.4, -0.2) is 124 Å². The second-order valence-corrected chi connectivity index (χ2v) is 8.91. The molecule has 0 saturated heterocycles. The number of carbonyl (C=O) groups is 7. The lowest BCUT2D eigenvalue weighted by Gasteiger charge is -2.30. The van der Waals surface area contributed by atoms with Crippen molar-refractivity contribution in [1.29, 1.82) is 0 Å². The van der Waals surface area contributed by atoms with Crippen LogP contribution in [0.15, 0.2) is 0 Å². The first-order valence-corrected chi connectivity index (χ1v) is 11.8. The number of hydrogen-bond donors (Lipinski definition) is 8. The summed E-state index contributed by atoms with van der Waals surface area (Å²) in [5.41, 5.74) is 5.28. The van der Waals surface area contributed by atoms with E-state index in [4.69, 9.17) is 20.7 Å². The number of aliphatic hydroxyl groups is 3. The number of rotatable bonds is 17. The molecule has 39 heavy (non-hydrogen) atoms. The summed E-state index contributed by atoms with van der Waals surface area (Å²) in [6, 6.07) is -4.14. The molecule has 0 fully saturated rings. The summed E-state index contributed by atoms with van der Waals surface area (Å²) in [5, 5.41) is 44.7. The fraction of sp³-hybridized carbons (Fsp3) is 0.682. The van der Waals surface area contributed by atoms with E-state index >= 15 is 0 Å². The molecule has 0 radical (unpaired) electrons. The summed E-state index contributed by atoms with van der Waals surface area (Å²) >= 11 is 0. The van der Waals surface area contributed by atoms with E-state index in [1.807, 2.05) is 0 Å². The maximum Gasteiger partial charge on any atom is 0.413 e. The van der Waals surface area contributed by atoms with Gasteiger partial charge in [-0.1, -0.05) is 13.8 Å². The Balaban J connectivity index is 5.43. The molecule has 0 saturated carbocycles.